The molecule has 1 aliphatic rings. The maximum Gasteiger partial charge on any atom is 0.330 e. The Balaban J connectivity index is 1.80. The van der Waals surface area contributed by atoms with Crippen molar-refractivity contribution in [3.63, 3.8) is 0 Å². The van der Waals surface area contributed by atoms with Gasteiger partial charge in [-0.15, -0.1) is 0 Å². The highest BCUT2D eigenvalue weighted by Crippen LogP contribution is 2.20. The molecule has 8 heteroatoms. The van der Waals surface area contributed by atoms with E-state index in [4.69, 9.17) is 0 Å². The Morgan fingerprint density at radius 3 is 2.82 bits per heavy atom. The van der Waals surface area contributed by atoms with Gasteiger partial charge < -0.3 is 0 Å². The van der Waals surface area contributed by atoms with Crippen LogP contribution in [0.15, 0.2) is 28.3 Å². The molecule has 3 heterocycles. The third-order valence-corrected chi connectivity index (χ3v) is 4.35. The molecule has 1 atom stereocenters. The summed E-state index contributed by atoms with van der Waals surface area (Å²) in [5.74, 6) is 0. The van der Waals surface area contributed by atoms with Crippen LogP contribution in [0.4, 0.5) is 0 Å². The summed E-state index contributed by atoms with van der Waals surface area (Å²) in [5, 5.41) is 4.15. The Labute approximate surface area is 127 Å². The second-order valence-corrected chi connectivity index (χ2v) is 5.76. The van der Waals surface area contributed by atoms with Crippen molar-refractivity contribution in [3.05, 3.63) is 45.3 Å². The molecule has 1 aliphatic heterocycles. The average molecular weight is 304 g/mol. The number of hydrogen-bond donors (Lipinski definition) is 0. The Bertz CT molecular complexity index is 761. The smallest absolute Gasteiger partial charge is 0.299 e. The van der Waals surface area contributed by atoms with Crippen LogP contribution in [-0.2, 0) is 27.2 Å². The summed E-state index contributed by atoms with van der Waals surface area (Å²) >= 11 is 0. The van der Waals surface area contributed by atoms with Crippen LogP contribution in [0.25, 0.3) is 0 Å². The molecule has 0 amide bonds. The van der Waals surface area contributed by atoms with Crippen LogP contribution < -0.4 is 11.2 Å². The van der Waals surface area contributed by atoms with E-state index in [9.17, 15) is 9.59 Å². The van der Waals surface area contributed by atoms with Crippen LogP contribution in [0.5, 0.6) is 0 Å². The first kappa shape index (κ1) is 14.7. The van der Waals surface area contributed by atoms with Crippen molar-refractivity contribution in [2.45, 2.75) is 32.0 Å². The lowest BCUT2D eigenvalue weighted by atomic mass is 10.2. The third kappa shape index (κ3) is 2.74. The maximum absolute atomic E-state index is 12.0. The van der Waals surface area contributed by atoms with E-state index in [1.54, 1.807) is 24.0 Å². The molecule has 0 aliphatic carbocycles. The van der Waals surface area contributed by atoms with Crippen molar-refractivity contribution in [2.24, 2.45) is 14.1 Å². The van der Waals surface area contributed by atoms with E-state index in [1.165, 1.54) is 13.4 Å². The minimum Gasteiger partial charge on any atom is -0.299 e. The lowest BCUT2D eigenvalue weighted by molar-refractivity contribution is 0.213. The van der Waals surface area contributed by atoms with Crippen LogP contribution in [0.3, 0.4) is 0 Å². The first-order valence-electron chi connectivity index (χ1n) is 7.38. The molecular formula is C14H20N6O2. The van der Waals surface area contributed by atoms with E-state index in [-0.39, 0.29) is 11.2 Å². The van der Waals surface area contributed by atoms with E-state index in [0.717, 1.165) is 36.2 Å². The lowest BCUT2D eigenvalue weighted by Crippen LogP contribution is -2.40. The van der Waals surface area contributed by atoms with Crippen LogP contribution in [-0.4, -0.2) is 41.4 Å². The Hall–Kier alpha value is -2.22. The highest BCUT2D eigenvalue weighted by atomic mass is 16.2. The highest BCUT2D eigenvalue weighted by molar-refractivity contribution is 5.03. The van der Waals surface area contributed by atoms with Gasteiger partial charge in [-0.05, 0) is 19.4 Å². The minimum atomic E-state index is -0.283. The predicted octanol–water partition coefficient (Wildman–Crippen LogP) is -0.660. The molecule has 1 fully saturated rings. The quantitative estimate of drug-likeness (QED) is 0.749. The van der Waals surface area contributed by atoms with Gasteiger partial charge in [0.1, 0.15) is 12.7 Å². The molecule has 118 valence electrons. The van der Waals surface area contributed by atoms with Gasteiger partial charge >= 0.3 is 5.69 Å². The number of aromatic nitrogens is 5. The normalized spacial score (nSPS) is 18.9. The van der Waals surface area contributed by atoms with Crippen LogP contribution in [0, 0.1) is 0 Å². The van der Waals surface area contributed by atoms with Gasteiger partial charge in [-0.2, -0.15) is 5.10 Å². The number of likely N-dealkylation sites (tertiary alicyclic amines) is 1. The van der Waals surface area contributed by atoms with E-state index in [0.29, 0.717) is 12.6 Å². The largest absolute Gasteiger partial charge is 0.330 e. The van der Waals surface area contributed by atoms with Crippen molar-refractivity contribution in [3.8, 4) is 0 Å². The van der Waals surface area contributed by atoms with Crippen molar-refractivity contribution in [1.82, 2.24) is 28.8 Å². The van der Waals surface area contributed by atoms with Crippen LogP contribution >= 0.6 is 0 Å². The molecule has 2 aromatic heterocycles. The lowest BCUT2D eigenvalue weighted by Gasteiger charge is -2.25. The van der Waals surface area contributed by atoms with E-state index >= 15 is 0 Å². The first-order chi connectivity index (χ1) is 10.6. The van der Waals surface area contributed by atoms with Gasteiger partial charge in [0.05, 0.1) is 6.54 Å². The fourth-order valence-corrected chi connectivity index (χ4v) is 2.99. The zero-order chi connectivity index (χ0) is 15.7. The average Bonchev–Trinajstić information content (AvgIpc) is 3.15. The summed E-state index contributed by atoms with van der Waals surface area (Å²) < 4.78 is 4.50. The molecule has 0 spiro atoms. The first-order valence-corrected chi connectivity index (χ1v) is 7.38. The third-order valence-electron chi connectivity index (χ3n) is 4.35. The SMILES string of the molecule is Cn1c(CN2CCCC2Cn2cncn2)cc(=O)n(C)c1=O. The molecule has 0 radical (unpaired) electrons. The van der Waals surface area contributed by atoms with Gasteiger partial charge in [0.2, 0.25) is 0 Å². The van der Waals surface area contributed by atoms with Crippen LogP contribution in [0.2, 0.25) is 0 Å². The molecule has 1 saturated heterocycles. The van der Waals surface area contributed by atoms with Crippen LogP contribution in [0.1, 0.15) is 18.5 Å². The van der Waals surface area contributed by atoms with Crippen molar-refractivity contribution in [1.29, 1.82) is 0 Å². The van der Waals surface area contributed by atoms with Crippen molar-refractivity contribution in [2.75, 3.05) is 6.54 Å². The molecule has 0 aromatic carbocycles. The monoisotopic (exact) mass is 304 g/mol. The second-order valence-electron chi connectivity index (χ2n) is 5.76. The van der Waals surface area contributed by atoms with Gasteiger partial charge in [-0.3, -0.25) is 23.5 Å². The fourth-order valence-electron chi connectivity index (χ4n) is 2.99. The summed E-state index contributed by atoms with van der Waals surface area (Å²) in [6, 6.07) is 1.90. The summed E-state index contributed by atoms with van der Waals surface area (Å²) in [4.78, 5) is 30.1. The number of rotatable bonds is 4. The van der Waals surface area contributed by atoms with Gasteiger partial charge in [0, 0.05) is 38.4 Å². The summed E-state index contributed by atoms with van der Waals surface area (Å²) in [6.07, 6.45) is 5.44. The summed E-state index contributed by atoms with van der Waals surface area (Å²) in [5.41, 5.74) is 0.207. The zero-order valence-electron chi connectivity index (χ0n) is 12.8. The fraction of sp³-hybridized carbons (Fsp3) is 0.571. The minimum absolute atomic E-state index is 0.259. The summed E-state index contributed by atoms with van der Waals surface area (Å²) in [7, 11) is 3.21. The van der Waals surface area contributed by atoms with E-state index in [2.05, 4.69) is 15.0 Å². The van der Waals surface area contributed by atoms with Gasteiger partial charge in [0.15, 0.2) is 0 Å². The zero-order valence-corrected chi connectivity index (χ0v) is 12.8. The molecule has 3 rings (SSSR count). The van der Waals surface area contributed by atoms with Crippen molar-refractivity contribution < 1.29 is 0 Å². The van der Waals surface area contributed by atoms with E-state index in [1.807, 2.05) is 4.68 Å². The van der Waals surface area contributed by atoms with Gasteiger partial charge in [-0.1, -0.05) is 0 Å². The molecular weight excluding hydrogens is 284 g/mol. The molecule has 0 bridgehead atoms. The Morgan fingerprint density at radius 1 is 1.27 bits per heavy atom. The molecule has 2 aromatic rings. The number of hydrogen-bond acceptors (Lipinski definition) is 5. The highest BCUT2D eigenvalue weighted by Gasteiger charge is 2.26. The Kier molecular flexibility index (Phi) is 3.93. The molecule has 0 saturated carbocycles. The number of nitrogens with zero attached hydrogens (tertiary/aromatic N) is 6. The molecule has 8 nitrogen and oxygen atoms in total. The van der Waals surface area contributed by atoms with E-state index < -0.39 is 0 Å². The molecule has 0 N–H and O–H groups in total. The topological polar surface area (TPSA) is 78.0 Å². The predicted molar refractivity (Wildman–Crippen MR) is 80.4 cm³/mol. The second kappa shape index (κ2) is 5.88. The van der Waals surface area contributed by atoms with Crippen molar-refractivity contribution >= 4 is 0 Å². The summed E-state index contributed by atoms with van der Waals surface area (Å²) in [6.45, 7) is 2.34. The van der Waals surface area contributed by atoms with Gasteiger partial charge in [-0.25, -0.2) is 9.78 Å². The standard InChI is InChI=1S/C14H20N6O2/c1-17-12(6-13(21)18(2)14(17)22)7-19-5-3-4-11(19)8-20-10-15-9-16-20/h6,9-11H,3-5,7-8H2,1-2H3. The Morgan fingerprint density at radius 2 is 2.09 bits per heavy atom. The molecule has 1 unspecified atom stereocenters. The maximum atomic E-state index is 12.0. The van der Waals surface area contributed by atoms with Gasteiger partial charge in [0.25, 0.3) is 5.56 Å². The molecule has 22 heavy (non-hydrogen) atoms.